The minimum atomic E-state index is -4.56. The SMILES string of the molecule is CCCC1CCC(CCc2ccc(C3CCC(C(F)=CC(F)(F)F)CC3)cc2)CC1. The monoisotopic (exact) mass is 424 g/mol. The predicted molar refractivity (Wildman–Crippen MR) is 115 cm³/mol. The molecular formula is C26H36F4. The van der Waals surface area contributed by atoms with Crippen molar-refractivity contribution >= 4 is 0 Å². The van der Waals surface area contributed by atoms with Crippen LogP contribution in [0, 0.1) is 17.8 Å². The first-order chi connectivity index (χ1) is 14.3. The molecule has 0 saturated heterocycles. The number of alkyl halides is 3. The van der Waals surface area contributed by atoms with Crippen molar-refractivity contribution in [2.24, 2.45) is 17.8 Å². The van der Waals surface area contributed by atoms with Crippen molar-refractivity contribution in [3.63, 3.8) is 0 Å². The minimum absolute atomic E-state index is 0.164. The Balaban J connectivity index is 1.42. The number of aryl methyl sites for hydroxylation is 1. The van der Waals surface area contributed by atoms with Gasteiger partial charge >= 0.3 is 6.18 Å². The van der Waals surface area contributed by atoms with Crippen molar-refractivity contribution < 1.29 is 17.6 Å². The van der Waals surface area contributed by atoms with E-state index in [9.17, 15) is 17.6 Å². The van der Waals surface area contributed by atoms with Crippen LogP contribution in [0.5, 0.6) is 0 Å². The lowest BCUT2D eigenvalue weighted by Crippen LogP contribution is -2.16. The van der Waals surface area contributed by atoms with E-state index >= 15 is 0 Å². The molecule has 0 unspecified atom stereocenters. The Morgan fingerprint density at radius 3 is 1.97 bits per heavy atom. The average Bonchev–Trinajstić information content (AvgIpc) is 2.73. The number of hydrogen-bond acceptors (Lipinski definition) is 0. The Morgan fingerprint density at radius 2 is 1.43 bits per heavy atom. The maximum absolute atomic E-state index is 13.8. The van der Waals surface area contributed by atoms with Crippen LogP contribution in [0.2, 0.25) is 0 Å². The zero-order valence-electron chi connectivity index (χ0n) is 18.2. The maximum atomic E-state index is 13.8. The van der Waals surface area contributed by atoms with Crippen LogP contribution in [0.1, 0.15) is 94.6 Å². The first-order valence-electron chi connectivity index (χ1n) is 11.9. The predicted octanol–water partition coefficient (Wildman–Crippen LogP) is 8.92. The standard InChI is InChI=1S/C26H36F4/c1-2-3-19-4-6-20(7-5-19)8-9-21-10-12-22(13-11-21)23-14-16-24(17-15-23)25(27)18-26(28,29)30/h10-13,18-20,23-24H,2-9,14-17H2,1H3. The van der Waals surface area contributed by atoms with Crippen LogP contribution >= 0.6 is 0 Å². The van der Waals surface area contributed by atoms with E-state index < -0.39 is 17.9 Å². The van der Waals surface area contributed by atoms with Crippen molar-refractivity contribution in [3.8, 4) is 0 Å². The van der Waals surface area contributed by atoms with Crippen LogP contribution < -0.4 is 0 Å². The molecule has 3 rings (SSSR count). The Morgan fingerprint density at radius 1 is 0.867 bits per heavy atom. The molecule has 0 N–H and O–H groups in total. The first kappa shape index (κ1) is 23.3. The van der Waals surface area contributed by atoms with Gasteiger partial charge in [-0.15, -0.1) is 0 Å². The highest BCUT2D eigenvalue weighted by Crippen LogP contribution is 2.40. The van der Waals surface area contributed by atoms with E-state index in [0.29, 0.717) is 18.8 Å². The summed E-state index contributed by atoms with van der Waals surface area (Å²) < 4.78 is 50.9. The highest BCUT2D eigenvalue weighted by atomic mass is 19.4. The number of rotatable bonds is 7. The van der Waals surface area contributed by atoms with Crippen molar-refractivity contribution in [1.82, 2.24) is 0 Å². The molecule has 0 aromatic heterocycles. The van der Waals surface area contributed by atoms with Crippen molar-refractivity contribution in [3.05, 3.63) is 47.3 Å². The van der Waals surface area contributed by atoms with E-state index in [-0.39, 0.29) is 6.08 Å². The van der Waals surface area contributed by atoms with Crippen LogP contribution in [-0.4, -0.2) is 6.18 Å². The molecule has 0 nitrogen and oxygen atoms in total. The molecule has 0 bridgehead atoms. The normalized spacial score (nSPS) is 28.5. The summed E-state index contributed by atoms with van der Waals surface area (Å²) >= 11 is 0. The van der Waals surface area contributed by atoms with E-state index in [1.54, 1.807) is 0 Å². The quantitative estimate of drug-likeness (QED) is 0.383. The topological polar surface area (TPSA) is 0 Å². The molecular weight excluding hydrogens is 388 g/mol. The fourth-order valence-electron chi connectivity index (χ4n) is 5.52. The first-order valence-corrected chi connectivity index (χ1v) is 11.9. The Kier molecular flexibility index (Phi) is 8.42. The molecule has 1 aromatic rings. The lowest BCUT2D eigenvalue weighted by Gasteiger charge is -2.29. The van der Waals surface area contributed by atoms with E-state index in [0.717, 1.165) is 31.1 Å². The number of benzene rings is 1. The van der Waals surface area contributed by atoms with Gasteiger partial charge in [0.1, 0.15) is 5.83 Å². The summed E-state index contributed by atoms with van der Waals surface area (Å²) in [5.74, 6) is 0.586. The molecule has 4 heteroatoms. The van der Waals surface area contributed by atoms with Gasteiger partial charge in [-0.05, 0) is 67.4 Å². The van der Waals surface area contributed by atoms with Gasteiger partial charge in [-0.3, -0.25) is 0 Å². The Hall–Kier alpha value is -1.32. The van der Waals surface area contributed by atoms with Gasteiger partial charge < -0.3 is 0 Å². The maximum Gasteiger partial charge on any atom is 0.412 e. The largest absolute Gasteiger partial charge is 0.412 e. The van der Waals surface area contributed by atoms with Gasteiger partial charge in [0.2, 0.25) is 0 Å². The molecule has 0 amide bonds. The number of halogens is 4. The van der Waals surface area contributed by atoms with Gasteiger partial charge in [0.25, 0.3) is 0 Å². The highest BCUT2D eigenvalue weighted by molar-refractivity contribution is 5.26. The summed E-state index contributed by atoms with van der Waals surface area (Å²) in [4.78, 5) is 0. The molecule has 30 heavy (non-hydrogen) atoms. The third kappa shape index (κ3) is 7.13. The second-order valence-corrected chi connectivity index (χ2v) is 9.58. The van der Waals surface area contributed by atoms with Crippen LogP contribution in [0.3, 0.4) is 0 Å². The number of hydrogen-bond donors (Lipinski definition) is 0. The lowest BCUT2D eigenvalue weighted by atomic mass is 9.77. The average molecular weight is 425 g/mol. The summed E-state index contributed by atoms with van der Waals surface area (Å²) in [6.45, 7) is 2.28. The van der Waals surface area contributed by atoms with Crippen LogP contribution in [0.4, 0.5) is 17.6 Å². The molecule has 1 aromatic carbocycles. The summed E-state index contributed by atoms with van der Waals surface area (Å²) in [7, 11) is 0. The molecule has 168 valence electrons. The fraction of sp³-hybridized carbons (Fsp3) is 0.692. The number of allylic oxidation sites excluding steroid dienone is 2. The lowest BCUT2D eigenvalue weighted by molar-refractivity contribution is -0.0820. The van der Waals surface area contributed by atoms with Gasteiger partial charge in [0.05, 0.1) is 6.08 Å². The summed E-state index contributed by atoms with van der Waals surface area (Å²) in [6, 6.07) is 8.79. The third-order valence-corrected chi connectivity index (χ3v) is 7.37. The Bertz CT molecular complexity index is 657. The van der Waals surface area contributed by atoms with Gasteiger partial charge in [-0.25, -0.2) is 4.39 Å². The van der Waals surface area contributed by atoms with E-state index in [1.165, 1.54) is 56.1 Å². The third-order valence-electron chi connectivity index (χ3n) is 7.37. The van der Waals surface area contributed by atoms with Crippen LogP contribution in [0.15, 0.2) is 36.2 Å². The summed E-state index contributed by atoms with van der Waals surface area (Å²) in [5, 5.41) is 0. The van der Waals surface area contributed by atoms with Crippen LogP contribution in [0.25, 0.3) is 0 Å². The van der Waals surface area contributed by atoms with Gasteiger partial charge in [-0.2, -0.15) is 13.2 Å². The van der Waals surface area contributed by atoms with Crippen molar-refractivity contribution in [2.45, 2.75) is 96.1 Å². The summed E-state index contributed by atoms with van der Waals surface area (Å²) in [5.41, 5.74) is 2.62. The van der Waals surface area contributed by atoms with Crippen molar-refractivity contribution in [2.75, 3.05) is 0 Å². The molecule has 0 atom stereocenters. The Labute approximate surface area is 179 Å². The molecule has 2 fully saturated rings. The zero-order chi connectivity index (χ0) is 21.6. The fourth-order valence-corrected chi connectivity index (χ4v) is 5.52. The molecule has 0 heterocycles. The molecule has 0 aliphatic heterocycles. The molecule has 0 spiro atoms. The second kappa shape index (κ2) is 10.8. The minimum Gasteiger partial charge on any atom is -0.212 e. The smallest absolute Gasteiger partial charge is 0.212 e. The van der Waals surface area contributed by atoms with E-state index in [1.807, 2.05) is 0 Å². The van der Waals surface area contributed by atoms with Gasteiger partial charge in [-0.1, -0.05) is 69.7 Å². The summed E-state index contributed by atoms with van der Waals surface area (Å²) in [6.07, 6.45) is 8.43. The molecule has 2 aliphatic rings. The van der Waals surface area contributed by atoms with Crippen molar-refractivity contribution in [1.29, 1.82) is 0 Å². The highest BCUT2D eigenvalue weighted by Gasteiger charge is 2.30. The van der Waals surface area contributed by atoms with E-state index in [4.69, 9.17) is 0 Å². The van der Waals surface area contributed by atoms with Gasteiger partial charge in [0.15, 0.2) is 0 Å². The van der Waals surface area contributed by atoms with Gasteiger partial charge in [0, 0.05) is 5.92 Å². The zero-order valence-corrected chi connectivity index (χ0v) is 18.2. The second-order valence-electron chi connectivity index (χ2n) is 9.58. The van der Waals surface area contributed by atoms with E-state index in [2.05, 4.69) is 31.2 Å². The van der Waals surface area contributed by atoms with Crippen LogP contribution in [-0.2, 0) is 6.42 Å². The molecule has 2 aliphatic carbocycles. The molecule has 2 saturated carbocycles. The molecule has 0 radical (unpaired) electrons.